The molecule has 0 radical (unpaired) electrons. The number of rotatable bonds is 0. The van der Waals surface area contributed by atoms with E-state index in [1.54, 1.807) is 0 Å². The van der Waals surface area contributed by atoms with Gasteiger partial charge in [-0.15, -0.1) is 0 Å². The Morgan fingerprint density at radius 3 is 2.17 bits per heavy atom. The molecule has 3 aromatic carbocycles. The Kier molecular flexibility index (Phi) is 3.41. The van der Waals surface area contributed by atoms with Crippen molar-refractivity contribution in [2.45, 2.75) is 5.60 Å². The highest BCUT2D eigenvalue weighted by Gasteiger charge is 2.59. The van der Waals surface area contributed by atoms with Crippen LogP contribution < -0.4 is 4.74 Å². The molecule has 152 valence electrons. The normalized spacial score (nSPS) is 18.5. The van der Waals surface area contributed by atoms with Crippen LogP contribution in [0.25, 0.3) is 0 Å². The summed E-state index contributed by atoms with van der Waals surface area (Å²) in [7, 11) is 0. The van der Waals surface area contributed by atoms with Gasteiger partial charge in [0.25, 0.3) is 0 Å². The van der Waals surface area contributed by atoms with E-state index in [2.05, 4.69) is 0 Å². The quantitative estimate of drug-likeness (QED) is 0.244. The minimum atomic E-state index is -2.61. The molecule has 1 unspecified atom stereocenters. The minimum Gasteiger partial charge on any atom is -0.508 e. The molecule has 5 rings (SSSR count). The summed E-state index contributed by atoms with van der Waals surface area (Å²) in [5, 5.41) is 19.5. The summed E-state index contributed by atoms with van der Waals surface area (Å²) in [5.41, 5.74) is -5.90. The Labute approximate surface area is 163 Å². The topological polar surface area (TPSA) is 76.0 Å². The molecule has 0 amide bonds. The van der Waals surface area contributed by atoms with Gasteiger partial charge in [0.1, 0.15) is 34.4 Å². The van der Waals surface area contributed by atoms with Gasteiger partial charge in [0, 0.05) is 23.8 Å². The van der Waals surface area contributed by atoms with Gasteiger partial charge in [-0.2, -0.15) is 0 Å². The summed E-state index contributed by atoms with van der Waals surface area (Å²) in [6.07, 6.45) is 0. The molecule has 30 heavy (non-hydrogen) atoms. The molecule has 2 aliphatic heterocycles. The summed E-state index contributed by atoms with van der Waals surface area (Å²) >= 11 is 0. The second-order valence-electron chi connectivity index (χ2n) is 6.66. The number of halogens is 5. The van der Waals surface area contributed by atoms with E-state index in [4.69, 9.17) is 9.47 Å². The Balaban J connectivity index is 2.01. The van der Waals surface area contributed by atoms with Crippen LogP contribution in [-0.2, 0) is 10.3 Å². The number of phenolic OH excluding ortho intramolecular Hbond substituents is 2. The highest BCUT2D eigenvalue weighted by molar-refractivity contribution is 5.97. The predicted molar refractivity (Wildman–Crippen MR) is 87.8 cm³/mol. The largest absolute Gasteiger partial charge is 0.508 e. The monoisotopic (exact) mass is 422 g/mol. The SMILES string of the molecule is O=C1OC2(c3ccc(O)cc3Oc3cc(O)cc(F)c32)c2c(F)c(F)c(F)c(F)c21. The maximum absolute atomic E-state index is 15.0. The van der Waals surface area contributed by atoms with E-state index in [1.165, 1.54) is 0 Å². The van der Waals surface area contributed by atoms with E-state index < -0.39 is 68.8 Å². The molecule has 2 aliphatic rings. The fourth-order valence-corrected chi connectivity index (χ4v) is 3.89. The van der Waals surface area contributed by atoms with E-state index in [0.29, 0.717) is 6.07 Å². The van der Waals surface area contributed by atoms with E-state index >= 15 is 0 Å². The van der Waals surface area contributed by atoms with Crippen LogP contribution in [0.1, 0.15) is 27.0 Å². The van der Waals surface area contributed by atoms with Crippen LogP contribution in [0.3, 0.4) is 0 Å². The first-order chi connectivity index (χ1) is 14.2. The molecule has 2 heterocycles. The van der Waals surface area contributed by atoms with Crippen LogP contribution in [0.5, 0.6) is 23.0 Å². The maximum Gasteiger partial charge on any atom is 0.343 e. The van der Waals surface area contributed by atoms with Gasteiger partial charge in [0.2, 0.25) is 5.60 Å². The van der Waals surface area contributed by atoms with Crippen molar-refractivity contribution in [3.63, 3.8) is 0 Å². The third-order valence-corrected chi connectivity index (χ3v) is 5.02. The first-order valence-corrected chi connectivity index (χ1v) is 8.31. The molecule has 0 aromatic heterocycles. The van der Waals surface area contributed by atoms with Gasteiger partial charge in [-0.05, 0) is 12.1 Å². The van der Waals surface area contributed by atoms with Crippen molar-refractivity contribution in [1.29, 1.82) is 0 Å². The second-order valence-corrected chi connectivity index (χ2v) is 6.66. The molecule has 0 aliphatic carbocycles. The van der Waals surface area contributed by atoms with Crippen LogP contribution in [0.15, 0.2) is 30.3 Å². The summed E-state index contributed by atoms with van der Waals surface area (Å²) in [5.74, 6) is -13.0. The molecule has 1 spiro atoms. The van der Waals surface area contributed by atoms with Gasteiger partial charge >= 0.3 is 5.97 Å². The van der Waals surface area contributed by atoms with Crippen LogP contribution in [-0.4, -0.2) is 16.2 Å². The number of fused-ring (bicyclic) bond motifs is 6. The van der Waals surface area contributed by atoms with Crippen molar-refractivity contribution >= 4 is 5.97 Å². The number of hydrogen-bond acceptors (Lipinski definition) is 5. The standard InChI is InChI=1S/C20H7F5O5/c21-9-3-7(27)5-11-13(9)20(8-2-1-6(26)4-10(8)29-11)14-12(19(28)30-20)15(22)17(24)18(25)16(14)23/h1-5,26-27H. The summed E-state index contributed by atoms with van der Waals surface area (Å²) in [6, 6.07) is 4.62. The van der Waals surface area contributed by atoms with Gasteiger partial charge in [0.05, 0.1) is 11.1 Å². The number of aromatic hydroxyl groups is 2. The number of carbonyl (C=O) groups is 1. The highest BCUT2D eigenvalue weighted by Crippen LogP contribution is 2.58. The van der Waals surface area contributed by atoms with E-state index in [-0.39, 0.29) is 17.1 Å². The van der Waals surface area contributed by atoms with Crippen LogP contribution in [0.4, 0.5) is 22.0 Å². The number of benzene rings is 3. The summed E-state index contributed by atoms with van der Waals surface area (Å²) in [4.78, 5) is 12.5. The zero-order chi connectivity index (χ0) is 21.5. The lowest BCUT2D eigenvalue weighted by Crippen LogP contribution is -2.35. The Morgan fingerprint density at radius 1 is 0.767 bits per heavy atom. The number of phenols is 2. The lowest BCUT2D eigenvalue weighted by Gasteiger charge is -2.36. The van der Waals surface area contributed by atoms with Gasteiger partial charge in [-0.25, -0.2) is 26.7 Å². The Morgan fingerprint density at radius 2 is 1.43 bits per heavy atom. The fourth-order valence-electron chi connectivity index (χ4n) is 3.89. The number of esters is 1. The van der Waals surface area contributed by atoms with Crippen molar-refractivity contribution in [2.24, 2.45) is 0 Å². The van der Waals surface area contributed by atoms with Crippen molar-refractivity contribution in [1.82, 2.24) is 0 Å². The number of carbonyl (C=O) groups excluding carboxylic acids is 1. The van der Waals surface area contributed by atoms with Crippen molar-refractivity contribution in [3.8, 4) is 23.0 Å². The van der Waals surface area contributed by atoms with E-state index in [0.717, 1.165) is 24.3 Å². The Hall–Kier alpha value is -3.82. The van der Waals surface area contributed by atoms with Crippen LogP contribution in [0.2, 0.25) is 0 Å². The molecule has 1 atom stereocenters. The molecule has 0 fully saturated rings. The zero-order valence-corrected chi connectivity index (χ0v) is 14.4. The zero-order valence-electron chi connectivity index (χ0n) is 14.4. The molecule has 5 nitrogen and oxygen atoms in total. The minimum absolute atomic E-state index is 0.280. The second kappa shape index (κ2) is 5.62. The molecule has 0 saturated carbocycles. The molecule has 2 N–H and O–H groups in total. The number of hydrogen-bond donors (Lipinski definition) is 2. The van der Waals surface area contributed by atoms with Crippen LogP contribution >= 0.6 is 0 Å². The summed E-state index contributed by atoms with van der Waals surface area (Å²) in [6.45, 7) is 0. The molecule has 3 aromatic rings. The third-order valence-electron chi connectivity index (χ3n) is 5.02. The molecule has 10 heteroatoms. The summed E-state index contributed by atoms with van der Waals surface area (Å²) < 4.78 is 82.9. The van der Waals surface area contributed by atoms with Crippen LogP contribution in [0, 0.1) is 29.1 Å². The van der Waals surface area contributed by atoms with Gasteiger partial charge < -0.3 is 19.7 Å². The average Bonchev–Trinajstić information content (AvgIpc) is 2.96. The van der Waals surface area contributed by atoms with E-state index in [1.807, 2.05) is 0 Å². The van der Waals surface area contributed by atoms with Gasteiger partial charge in [-0.3, -0.25) is 0 Å². The first-order valence-electron chi connectivity index (χ1n) is 8.31. The molecule has 0 bridgehead atoms. The van der Waals surface area contributed by atoms with Gasteiger partial charge in [-0.1, -0.05) is 0 Å². The third kappa shape index (κ3) is 2.02. The smallest absolute Gasteiger partial charge is 0.343 e. The first kappa shape index (κ1) is 18.2. The predicted octanol–water partition coefficient (Wildman–Crippen LogP) is 4.36. The lowest BCUT2D eigenvalue weighted by atomic mass is 9.77. The Bertz CT molecular complexity index is 1310. The molecular weight excluding hydrogens is 415 g/mol. The highest BCUT2D eigenvalue weighted by atomic mass is 19.2. The molecule has 0 saturated heterocycles. The van der Waals surface area contributed by atoms with Crippen molar-refractivity contribution < 1.29 is 46.4 Å². The average molecular weight is 422 g/mol. The van der Waals surface area contributed by atoms with E-state index in [9.17, 15) is 37.0 Å². The fraction of sp³-hybridized carbons (Fsp3) is 0.0500. The maximum atomic E-state index is 15.0. The van der Waals surface area contributed by atoms with Gasteiger partial charge in [0.15, 0.2) is 23.3 Å². The van der Waals surface area contributed by atoms with Crippen molar-refractivity contribution in [3.05, 3.63) is 81.7 Å². The van der Waals surface area contributed by atoms with Crippen molar-refractivity contribution in [2.75, 3.05) is 0 Å². The molecular formula is C20H7F5O5. The number of ether oxygens (including phenoxy) is 2. The lowest BCUT2D eigenvalue weighted by molar-refractivity contribution is 0.0203.